The van der Waals surface area contributed by atoms with Crippen molar-refractivity contribution >= 4 is 5.91 Å². The van der Waals surface area contributed by atoms with E-state index in [0.29, 0.717) is 11.5 Å². The highest BCUT2D eigenvalue weighted by Gasteiger charge is 2.29. The number of hydrogen-bond acceptors (Lipinski definition) is 1. The van der Waals surface area contributed by atoms with Crippen molar-refractivity contribution in [3.63, 3.8) is 0 Å². The molecule has 0 radical (unpaired) electrons. The molecule has 0 fully saturated rings. The molecule has 0 spiro atoms. The van der Waals surface area contributed by atoms with Crippen LogP contribution in [0, 0.1) is 0 Å². The number of nitrogens with one attached hydrogen (secondary N) is 1. The summed E-state index contributed by atoms with van der Waals surface area (Å²) in [4.78, 5) is 12.0. The number of benzene rings is 1. The van der Waals surface area contributed by atoms with Crippen LogP contribution >= 0.6 is 0 Å². The van der Waals surface area contributed by atoms with Gasteiger partial charge in [0, 0.05) is 5.56 Å². The minimum Gasteiger partial charge on any atom is -0.343 e. The standard InChI is InChI=1S/C16H22F3NO/c1-10(2)11-6-7-12(13(8-11)15(3,4)5)14(21)20-9-16(17,18)19/h6-8,10H,9H2,1-5H3,(H,20,21). The van der Waals surface area contributed by atoms with Gasteiger partial charge in [0.05, 0.1) is 0 Å². The molecule has 1 N–H and O–H groups in total. The molecular weight excluding hydrogens is 279 g/mol. The number of carbonyl (C=O) groups excluding carboxylic acids is 1. The molecule has 0 aromatic heterocycles. The number of rotatable bonds is 3. The molecule has 0 heterocycles. The maximum Gasteiger partial charge on any atom is 0.405 e. The Bertz CT molecular complexity index is 513. The number of amides is 1. The predicted molar refractivity (Wildman–Crippen MR) is 77.6 cm³/mol. The van der Waals surface area contributed by atoms with Crippen molar-refractivity contribution in [1.29, 1.82) is 0 Å². The van der Waals surface area contributed by atoms with Gasteiger partial charge in [-0.2, -0.15) is 13.2 Å². The van der Waals surface area contributed by atoms with Crippen LogP contribution in [0.3, 0.4) is 0 Å². The largest absolute Gasteiger partial charge is 0.405 e. The van der Waals surface area contributed by atoms with Crippen LogP contribution < -0.4 is 5.32 Å². The van der Waals surface area contributed by atoms with Crippen molar-refractivity contribution in [3.8, 4) is 0 Å². The molecule has 0 saturated heterocycles. The van der Waals surface area contributed by atoms with E-state index < -0.39 is 18.6 Å². The quantitative estimate of drug-likeness (QED) is 0.881. The van der Waals surface area contributed by atoms with Crippen molar-refractivity contribution in [3.05, 3.63) is 34.9 Å². The number of carbonyl (C=O) groups is 1. The Hall–Kier alpha value is -1.52. The first-order valence-electron chi connectivity index (χ1n) is 6.91. The second-order valence-electron chi connectivity index (χ2n) is 6.51. The van der Waals surface area contributed by atoms with E-state index in [1.54, 1.807) is 12.1 Å². The molecule has 1 aromatic carbocycles. The molecule has 0 aliphatic heterocycles. The summed E-state index contributed by atoms with van der Waals surface area (Å²) < 4.78 is 36.7. The zero-order chi connectivity index (χ0) is 16.4. The van der Waals surface area contributed by atoms with Crippen LogP contribution in [0.4, 0.5) is 13.2 Å². The minimum absolute atomic E-state index is 0.290. The van der Waals surface area contributed by atoms with Crippen LogP contribution in [0.2, 0.25) is 0 Å². The monoisotopic (exact) mass is 301 g/mol. The molecule has 5 heteroatoms. The van der Waals surface area contributed by atoms with Crippen molar-refractivity contribution < 1.29 is 18.0 Å². The van der Waals surface area contributed by atoms with Gasteiger partial charge in [-0.25, -0.2) is 0 Å². The molecule has 0 atom stereocenters. The average molecular weight is 301 g/mol. The zero-order valence-corrected chi connectivity index (χ0v) is 13.1. The summed E-state index contributed by atoms with van der Waals surface area (Å²) in [6.07, 6.45) is -4.41. The van der Waals surface area contributed by atoms with Crippen LogP contribution in [0.25, 0.3) is 0 Å². The second-order valence-corrected chi connectivity index (χ2v) is 6.51. The zero-order valence-electron chi connectivity index (χ0n) is 13.1. The Kier molecular flexibility index (Phi) is 5.07. The predicted octanol–water partition coefficient (Wildman–Crippen LogP) is 4.40. The van der Waals surface area contributed by atoms with Gasteiger partial charge in [-0.15, -0.1) is 0 Å². The summed E-state index contributed by atoms with van der Waals surface area (Å²) in [7, 11) is 0. The lowest BCUT2D eigenvalue weighted by Crippen LogP contribution is -2.35. The summed E-state index contributed by atoms with van der Waals surface area (Å²) in [6, 6.07) is 5.32. The molecule has 0 bridgehead atoms. The lowest BCUT2D eigenvalue weighted by Gasteiger charge is -2.24. The van der Waals surface area contributed by atoms with Gasteiger partial charge in [0.2, 0.25) is 0 Å². The summed E-state index contributed by atoms with van der Waals surface area (Å²) in [5.74, 6) is -0.397. The van der Waals surface area contributed by atoms with Gasteiger partial charge in [0.15, 0.2) is 0 Å². The van der Waals surface area contributed by atoms with Crippen LogP contribution in [0.15, 0.2) is 18.2 Å². The SMILES string of the molecule is CC(C)c1ccc(C(=O)NCC(F)(F)F)c(C(C)(C)C)c1. The van der Waals surface area contributed by atoms with Crippen LogP contribution in [0.5, 0.6) is 0 Å². The molecule has 1 amide bonds. The van der Waals surface area contributed by atoms with E-state index >= 15 is 0 Å². The van der Waals surface area contributed by atoms with E-state index in [1.807, 2.05) is 46.0 Å². The van der Waals surface area contributed by atoms with Gasteiger partial charge in [0.1, 0.15) is 6.54 Å². The minimum atomic E-state index is -4.41. The van der Waals surface area contributed by atoms with E-state index in [-0.39, 0.29) is 5.41 Å². The normalized spacial score (nSPS) is 12.6. The van der Waals surface area contributed by atoms with E-state index in [1.165, 1.54) is 0 Å². The first-order chi connectivity index (χ1) is 9.42. The first-order valence-corrected chi connectivity index (χ1v) is 6.91. The molecular formula is C16H22F3NO. The van der Waals surface area contributed by atoms with Gasteiger partial charge < -0.3 is 5.32 Å². The van der Waals surface area contributed by atoms with Gasteiger partial charge in [-0.05, 0) is 28.5 Å². The maximum atomic E-state index is 12.2. The third-order valence-corrected chi connectivity index (χ3v) is 3.21. The molecule has 2 nitrogen and oxygen atoms in total. The van der Waals surface area contributed by atoms with Crippen molar-refractivity contribution in [2.45, 2.75) is 52.1 Å². The molecule has 0 aliphatic carbocycles. The Morgan fingerprint density at radius 2 is 1.76 bits per heavy atom. The fraction of sp³-hybridized carbons (Fsp3) is 0.562. The third kappa shape index (κ3) is 5.06. The number of halogens is 3. The van der Waals surface area contributed by atoms with Gasteiger partial charge in [0.25, 0.3) is 5.91 Å². The summed E-state index contributed by atoms with van der Waals surface area (Å²) >= 11 is 0. The van der Waals surface area contributed by atoms with E-state index in [9.17, 15) is 18.0 Å². The Labute approximate surface area is 123 Å². The van der Waals surface area contributed by atoms with Crippen molar-refractivity contribution in [1.82, 2.24) is 5.32 Å². The second kappa shape index (κ2) is 6.08. The molecule has 1 aromatic rings. The lowest BCUT2D eigenvalue weighted by atomic mass is 9.81. The Morgan fingerprint density at radius 3 is 2.19 bits per heavy atom. The number of alkyl halides is 3. The molecule has 0 unspecified atom stereocenters. The van der Waals surface area contributed by atoms with Gasteiger partial charge in [-0.3, -0.25) is 4.79 Å². The van der Waals surface area contributed by atoms with Crippen molar-refractivity contribution in [2.75, 3.05) is 6.54 Å². The highest BCUT2D eigenvalue weighted by Crippen LogP contribution is 2.29. The summed E-state index contributed by atoms with van der Waals surface area (Å²) in [6.45, 7) is 8.56. The molecule has 0 aliphatic rings. The fourth-order valence-corrected chi connectivity index (χ4v) is 2.02. The lowest BCUT2D eigenvalue weighted by molar-refractivity contribution is -0.123. The smallest absolute Gasteiger partial charge is 0.343 e. The Balaban J connectivity index is 3.14. The third-order valence-electron chi connectivity index (χ3n) is 3.21. The van der Waals surface area contributed by atoms with Crippen LogP contribution in [-0.4, -0.2) is 18.6 Å². The van der Waals surface area contributed by atoms with Gasteiger partial charge in [-0.1, -0.05) is 46.8 Å². The first kappa shape index (κ1) is 17.5. The van der Waals surface area contributed by atoms with E-state index in [2.05, 4.69) is 0 Å². The topological polar surface area (TPSA) is 29.1 Å². The van der Waals surface area contributed by atoms with E-state index in [4.69, 9.17) is 0 Å². The summed E-state index contributed by atoms with van der Waals surface area (Å²) in [5, 5.41) is 1.94. The molecule has 0 saturated carbocycles. The Morgan fingerprint density at radius 1 is 1.19 bits per heavy atom. The summed E-state index contributed by atoms with van der Waals surface area (Å²) in [5.41, 5.74) is 1.80. The fourth-order valence-electron chi connectivity index (χ4n) is 2.02. The molecule has 118 valence electrons. The number of hydrogen-bond donors (Lipinski definition) is 1. The maximum absolute atomic E-state index is 12.2. The average Bonchev–Trinajstić information content (AvgIpc) is 2.33. The van der Waals surface area contributed by atoms with Crippen LogP contribution in [-0.2, 0) is 5.41 Å². The highest BCUT2D eigenvalue weighted by atomic mass is 19.4. The molecule has 1 rings (SSSR count). The molecule has 21 heavy (non-hydrogen) atoms. The highest BCUT2D eigenvalue weighted by molar-refractivity contribution is 5.96. The van der Waals surface area contributed by atoms with E-state index in [0.717, 1.165) is 11.1 Å². The van der Waals surface area contributed by atoms with Crippen molar-refractivity contribution in [2.24, 2.45) is 0 Å². The van der Waals surface area contributed by atoms with Gasteiger partial charge >= 0.3 is 6.18 Å². The van der Waals surface area contributed by atoms with Crippen LogP contribution in [0.1, 0.15) is 62.0 Å².